The van der Waals surface area contributed by atoms with E-state index in [-0.39, 0.29) is 13.0 Å². The van der Waals surface area contributed by atoms with E-state index >= 15 is 0 Å². The van der Waals surface area contributed by atoms with Crippen molar-refractivity contribution in [3.63, 3.8) is 0 Å². The van der Waals surface area contributed by atoms with E-state index in [0.717, 1.165) is 0 Å². The summed E-state index contributed by atoms with van der Waals surface area (Å²) in [6.07, 6.45) is -22.9. The second-order valence-corrected chi connectivity index (χ2v) is 11.1. The molecule has 4 aliphatic rings. The molecule has 0 amide bonds. The first kappa shape index (κ1) is 34.1. The largest absolute Gasteiger partial charge is 0.394 e. The van der Waals surface area contributed by atoms with Gasteiger partial charge in [-0.2, -0.15) is 0 Å². The number of rotatable bonds is 9. The summed E-state index contributed by atoms with van der Waals surface area (Å²) >= 11 is 0. The summed E-state index contributed by atoms with van der Waals surface area (Å²) in [6.45, 7) is -1.55. The van der Waals surface area contributed by atoms with Gasteiger partial charge in [-0.3, -0.25) is 0 Å². The molecule has 3 aliphatic heterocycles. The fraction of sp³-hybridized carbons (Fsp3) is 1.00. The highest BCUT2D eigenvalue weighted by atomic mass is 16.8. The number of aliphatic hydroxyl groups excluding tert-OH is 9. The van der Waals surface area contributed by atoms with Crippen LogP contribution in [0.5, 0.6) is 0 Å². The van der Waals surface area contributed by atoms with Crippen LogP contribution in [0, 0.1) is 0 Å². The molecule has 42 heavy (non-hydrogen) atoms. The highest BCUT2D eigenvalue weighted by molar-refractivity contribution is 5.01. The Morgan fingerprint density at radius 1 is 0.548 bits per heavy atom. The van der Waals surface area contributed by atoms with Crippen molar-refractivity contribution in [3.8, 4) is 0 Å². The number of aliphatic hydroxyl groups is 9. The van der Waals surface area contributed by atoms with Gasteiger partial charge in [-0.05, 0) is 6.42 Å². The minimum absolute atomic E-state index is 0.144. The Kier molecular flexibility index (Phi) is 11.5. The van der Waals surface area contributed by atoms with E-state index in [1.54, 1.807) is 0 Å². The molecule has 19 heteroatoms. The second-order valence-electron chi connectivity index (χ2n) is 11.1. The molecule has 4 fully saturated rings. The predicted octanol–water partition coefficient (Wildman–Crippen LogP) is -8.83. The Morgan fingerprint density at radius 2 is 1.02 bits per heavy atom. The highest BCUT2D eigenvalue weighted by Gasteiger charge is 2.54. The molecule has 19 atom stereocenters. The second kappa shape index (κ2) is 14.1. The van der Waals surface area contributed by atoms with Crippen molar-refractivity contribution in [1.82, 2.24) is 0 Å². The molecule has 1 aliphatic carbocycles. The van der Waals surface area contributed by atoms with Crippen LogP contribution in [-0.4, -0.2) is 182 Å². The maximum Gasteiger partial charge on any atom is 0.187 e. The lowest BCUT2D eigenvalue weighted by molar-refractivity contribution is -0.311. The summed E-state index contributed by atoms with van der Waals surface area (Å²) in [4.78, 5) is 0. The van der Waals surface area contributed by atoms with Crippen molar-refractivity contribution < 1.29 is 74.4 Å². The summed E-state index contributed by atoms with van der Waals surface area (Å²) in [5.74, 6) is 0. The van der Waals surface area contributed by atoms with Crippen LogP contribution in [-0.2, 0) is 28.4 Å². The van der Waals surface area contributed by atoms with E-state index in [4.69, 9.17) is 51.4 Å². The third-order valence-electron chi connectivity index (χ3n) is 8.24. The van der Waals surface area contributed by atoms with Gasteiger partial charge in [-0.15, -0.1) is 0 Å². The van der Waals surface area contributed by atoms with Gasteiger partial charge in [0.1, 0.15) is 73.2 Å². The molecular formula is C23H44N4O15. The molecule has 0 aromatic heterocycles. The third kappa shape index (κ3) is 6.60. The van der Waals surface area contributed by atoms with Crippen molar-refractivity contribution in [3.05, 3.63) is 0 Å². The minimum Gasteiger partial charge on any atom is -0.394 e. The standard InChI is InChI=1S/C23H44N4O15/c24-2-7-13(32)15(34)10(26)21(37-7)40-18-5(25)1-6(30)12(31)20(18)42-23-17(36)19(9(4-29)39-23)41-22-11(27)16(35)14(33)8(3-28)38-22/h5-23,28-36H,1-4,24-27H2/t5-,6-,7+,8+,9+,10+,11-,12-,13+,14+,15+,16-,17+,18-,19-,20-,21-,22-,23-/m1/s1. The quantitative estimate of drug-likeness (QED) is 0.114. The van der Waals surface area contributed by atoms with Crippen LogP contribution >= 0.6 is 0 Å². The van der Waals surface area contributed by atoms with Gasteiger partial charge in [-0.25, -0.2) is 0 Å². The van der Waals surface area contributed by atoms with Crippen LogP contribution in [0.25, 0.3) is 0 Å². The molecule has 0 aromatic carbocycles. The van der Waals surface area contributed by atoms with Gasteiger partial charge >= 0.3 is 0 Å². The van der Waals surface area contributed by atoms with Crippen LogP contribution in [0.1, 0.15) is 6.42 Å². The van der Waals surface area contributed by atoms with Crippen LogP contribution in [0.3, 0.4) is 0 Å². The minimum atomic E-state index is -1.68. The molecule has 0 spiro atoms. The first-order valence-corrected chi connectivity index (χ1v) is 13.7. The molecule has 0 unspecified atom stereocenters. The SMILES string of the molecule is NC[C@@H]1O[C@H](O[C@H]2[C@H](O[C@H]3O[C@@H](CO)[C@@H](O[C@H]4O[C@@H](CO)[C@H](O)[C@H](O)[C@H]4N)[C@@H]3O)[C@H](O)[C@H](O)C[C@H]2N)[C@@H](N)[C@H](O)[C@H]1O. The molecule has 17 N–H and O–H groups in total. The summed E-state index contributed by atoms with van der Waals surface area (Å²) < 4.78 is 34.2. The monoisotopic (exact) mass is 616 g/mol. The van der Waals surface area contributed by atoms with E-state index < -0.39 is 130 Å². The lowest BCUT2D eigenvalue weighted by atomic mass is 9.85. The molecule has 1 saturated carbocycles. The summed E-state index contributed by atoms with van der Waals surface area (Å²) in [5, 5.41) is 92.4. The average molecular weight is 617 g/mol. The third-order valence-corrected chi connectivity index (χ3v) is 8.24. The first-order valence-electron chi connectivity index (χ1n) is 13.7. The first-order chi connectivity index (χ1) is 19.8. The molecule has 0 aromatic rings. The van der Waals surface area contributed by atoms with Gasteiger partial charge in [0.05, 0.1) is 31.4 Å². The highest BCUT2D eigenvalue weighted by Crippen LogP contribution is 2.34. The van der Waals surface area contributed by atoms with Gasteiger partial charge in [0.2, 0.25) is 0 Å². The van der Waals surface area contributed by atoms with Gasteiger partial charge < -0.3 is 97.3 Å². The number of nitrogens with two attached hydrogens (primary N) is 4. The smallest absolute Gasteiger partial charge is 0.187 e. The topological polar surface area (TPSA) is 342 Å². The fourth-order valence-corrected chi connectivity index (χ4v) is 5.64. The molecule has 19 nitrogen and oxygen atoms in total. The van der Waals surface area contributed by atoms with Gasteiger partial charge in [0.25, 0.3) is 0 Å². The normalized spacial score (nSPS) is 53.8. The molecule has 0 bridgehead atoms. The predicted molar refractivity (Wildman–Crippen MR) is 134 cm³/mol. The number of ether oxygens (including phenoxy) is 6. The van der Waals surface area contributed by atoms with Gasteiger partial charge in [-0.1, -0.05) is 0 Å². The van der Waals surface area contributed by atoms with E-state index in [2.05, 4.69) is 0 Å². The number of hydrogen-bond donors (Lipinski definition) is 13. The molecule has 246 valence electrons. The molecule has 4 rings (SSSR count). The molecule has 3 saturated heterocycles. The van der Waals surface area contributed by atoms with Crippen LogP contribution < -0.4 is 22.9 Å². The number of hydrogen-bond acceptors (Lipinski definition) is 19. The fourth-order valence-electron chi connectivity index (χ4n) is 5.64. The summed E-state index contributed by atoms with van der Waals surface area (Å²) in [7, 11) is 0. The Labute approximate surface area is 240 Å². The summed E-state index contributed by atoms with van der Waals surface area (Å²) in [6, 6.07) is -3.56. The maximum absolute atomic E-state index is 11.1. The Balaban J connectivity index is 1.50. The maximum atomic E-state index is 11.1. The van der Waals surface area contributed by atoms with Crippen LogP contribution in [0.4, 0.5) is 0 Å². The molecule has 3 heterocycles. The van der Waals surface area contributed by atoms with Crippen molar-refractivity contribution in [2.75, 3.05) is 19.8 Å². The zero-order valence-electron chi connectivity index (χ0n) is 22.6. The van der Waals surface area contributed by atoms with Crippen molar-refractivity contribution in [2.45, 2.75) is 123 Å². The van der Waals surface area contributed by atoms with Crippen LogP contribution in [0.15, 0.2) is 0 Å². The summed E-state index contributed by atoms with van der Waals surface area (Å²) in [5.41, 5.74) is 23.8. The Bertz CT molecular complexity index is 865. The molecular weight excluding hydrogens is 572 g/mol. The van der Waals surface area contributed by atoms with Crippen LogP contribution in [0.2, 0.25) is 0 Å². The average Bonchev–Trinajstić information content (AvgIpc) is 3.27. The molecule has 0 radical (unpaired) electrons. The van der Waals surface area contributed by atoms with Gasteiger partial charge in [0, 0.05) is 12.6 Å². The zero-order valence-corrected chi connectivity index (χ0v) is 22.6. The van der Waals surface area contributed by atoms with Gasteiger partial charge in [0.15, 0.2) is 18.9 Å². The van der Waals surface area contributed by atoms with E-state index in [0.29, 0.717) is 0 Å². The van der Waals surface area contributed by atoms with E-state index in [1.807, 2.05) is 0 Å². The van der Waals surface area contributed by atoms with Crippen molar-refractivity contribution in [2.24, 2.45) is 22.9 Å². The Hall–Kier alpha value is -0.760. The van der Waals surface area contributed by atoms with Crippen molar-refractivity contribution >= 4 is 0 Å². The van der Waals surface area contributed by atoms with E-state index in [9.17, 15) is 46.0 Å². The zero-order chi connectivity index (χ0) is 31.0. The van der Waals surface area contributed by atoms with E-state index in [1.165, 1.54) is 0 Å². The lowest BCUT2D eigenvalue weighted by Gasteiger charge is -2.47. The lowest BCUT2D eigenvalue weighted by Crippen LogP contribution is -2.67. The van der Waals surface area contributed by atoms with Crippen molar-refractivity contribution in [1.29, 1.82) is 0 Å². The Morgan fingerprint density at radius 3 is 1.57 bits per heavy atom.